The average Bonchev–Trinajstić information content (AvgIpc) is 2.59. The minimum Gasteiger partial charge on any atom is -0.466 e. The van der Waals surface area contributed by atoms with Crippen LogP contribution >= 0.6 is 0 Å². The number of amides is 1. The van der Waals surface area contributed by atoms with Gasteiger partial charge < -0.3 is 14.8 Å². The van der Waals surface area contributed by atoms with E-state index in [-0.39, 0.29) is 25.3 Å². The molecular weight excluding hydrogens is 394 g/mol. The number of hydrogen-bond acceptors (Lipinski definition) is 6. The quantitative estimate of drug-likeness (QED) is 0.608. The first-order valence-electron chi connectivity index (χ1n) is 9.67. The van der Waals surface area contributed by atoms with E-state index in [0.29, 0.717) is 0 Å². The summed E-state index contributed by atoms with van der Waals surface area (Å²) in [6.45, 7) is 9.93. The highest BCUT2D eigenvalue weighted by Crippen LogP contribution is 2.22. The second kappa shape index (κ2) is 10.1. The Hall–Kier alpha value is -2.09. The molecule has 0 saturated heterocycles. The summed E-state index contributed by atoms with van der Waals surface area (Å²) >= 11 is 0. The minimum absolute atomic E-state index is 0.134. The number of rotatable bonds is 9. The average molecular weight is 428 g/mol. The molecule has 0 saturated carbocycles. The molecule has 1 unspecified atom stereocenters. The Morgan fingerprint density at radius 2 is 1.66 bits per heavy atom. The first-order chi connectivity index (χ1) is 13.3. The maximum absolute atomic E-state index is 13.1. The molecule has 1 aromatic carbocycles. The molecule has 164 valence electrons. The smallest absolute Gasteiger partial charge is 0.407 e. The van der Waals surface area contributed by atoms with Gasteiger partial charge in [0.15, 0.2) is 9.84 Å². The minimum atomic E-state index is -3.75. The van der Waals surface area contributed by atoms with Crippen molar-refractivity contribution >= 4 is 21.9 Å². The molecule has 1 aromatic rings. The van der Waals surface area contributed by atoms with Crippen LogP contribution in [0.2, 0.25) is 0 Å². The van der Waals surface area contributed by atoms with Crippen LogP contribution in [0.15, 0.2) is 30.3 Å². The van der Waals surface area contributed by atoms with Crippen molar-refractivity contribution in [1.29, 1.82) is 0 Å². The Morgan fingerprint density at radius 3 is 2.17 bits per heavy atom. The van der Waals surface area contributed by atoms with Gasteiger partial charge in [0.05, 0.1) is 23.0 Å². The Kier molecular flexibility index (Phi) is 8.68. The van der Waals surface area contributed by atoms with E-state index in [9.17, 15) is 18.0 Å². The topological polar surface area (TPSA) is 98.8 Å². The zero-order chi connectivity index (χ0) is 22.3. The van der Waals surface area contributed by atoms with Gasteiger partial charge in [0.2, 0.25) is 0 Å². The van der Waals surface area contributed by atoms with Crippen LogP contribution in [-0.4, -0.2) is 49.7 Å². The molecule has 0 aliphatic heterocycles. The van der Waals surface area contributed by atoms with Gasteiger partial charge in [-0.05, 0) is 53.5 Å². The lowest BCUT2D eigenvalue weighted by molar-refractivity contribution is -0.147. The van der Waals surface area contributed by atoms with Gasteiger partial charge in [0.25, 0.3) is 0 Å². The number of alkyl carbamates (subject to hydrolysis) is 1. The van der Waals surface area contributed by atoms with E-state index in [0.717, 1.165) is 5.56 Å². The summed E-state index contributed by atoms with van der Waals surface area (Å²) in [4.78, 5) is 24.3. The van der Waals surface area contributed by atoms with Crippen molar-refractivity contribution in [2.24, 2.45) is 5.92 Å². The molecule has 0 aliphatic carbocycles. The van der Waals surface area contributed by atoms with E-state index in [1.165, 1.54) is 13.8 Å². The summed E-state index contributed by atoms with van der Waals surface area (Å²) in [7, 11) is -3.75. The molecule has 0 aliphatic rings. The van der Waals surface area contributed by atoms with E-state index in [2.05, 4.69) is 5.32 Å². The van der Waals surface area contributed by atoms with Crippen molar-refractivity contribution in [3.8, 4) is 0 Å². The molecule has 0 spiro atoms. The van der Waals surface area contributed by atoms with E-state index in [1.807, 2.05) is 30.3 Å². The summed E-state index contributed by atoms with van der Waals surface area (Å²) < 4.78 is 35.1. The van der Waals surface area contributed by atoms with Crippen LogP contribution in [0.1, 0.15) is 47.1 Å². The van der Waals surface area contributed by atoms with Crippen molar-refractivity contribution < 1.29 is 27.5 Å². The molecular formula is C21H33NO6S. The number of ether oxygens (including phenoxy) is 2. The Bertz CT molecular complexity index is 781. The van der Waals surface area contributed by atoms with Crippen LogP contribution < -0.4 is 5.32 Å². The number of benzene rings is 1. The lowest BCUT2D eigenvalue weighted by Gasteiger charge is -2.28. The number of nitrogens with one attached hydrogen (secondary N) is 1. The van der Waals surface area contributed by atoms with Crippen LogP contribution in [0.5, 0.6) is 0 Å². The van der Waals surface area contributed by atoms with Gasteiger partial charge in [-0.25, -0.2) is 13.2 Å². The molecule has 0 bridgehead atoms. The second-order valence-electron chi connectivity index (χ2n) is 8.54. The summed E-state index contributed by atoms with van der Waals surface area (Å²) in [5, 5.41) is 2.51. The van der Waals surface area contributed by atoms with Crippen LogP contribution in [0.4, 0.5) is 4.79 Å². The Balaban J connectivity index is 2.91. The van der Waals surface area contributed by atoms with Crippen molar-refractivity contribution in [2.45, 2.75) is 58.3 Å². The normalized spacial score (nSPS) is 13.4. The Morgan fingerprint density at radius 1 is 1.07 bits per heavy atom. The highest BCUT2D eigenvalue weighted by molar-refractivity contribution is 7.92. The lowest BCUT2D eigenvalue weighted by atomic mass is 10.0. The maximum atomic E-state index is 13.1. The van der Waals surface area contributed by atoms with Crippen LogP contribution in [0.3, 0.4) is 0 Å². The highest BCUT2D eigenvalue weighted by Gasteiger charge is 2.39. The summed E-state index contributed by atoms with van der Waals surface area (Å²) in [6.07, 6.45) is -0.430. The highest BCUT2D eigenvalue weighted by atomic mass is 32.2. The van der Waals surface area contributed by atoms with Gasteiger partial charge in [-0.15, -0.1) is 0 Å². The molecule has 29 heavy (non-hydrogen) atoms. The molecule has 1 atom stereocenters. The molecule has 7 nitrogen and oxygen atoms in total. The fraction of sp³-hybridized carbons (Fsp3) is 0.619. The molecule has 1 rings (SSSR count). The summed E-state index contributed by atoms with van der Waals surface area (Å²) in [6, 6.07) is 9.20. The molecule has 0 aromatic heterocycles. The third-order valence-corrected chi connectivity index (χ3v) is 6.93. The van der Waals surface area contributed by atoms with Gasteiger partial charge in [-0.1, -0.05) is 30.3 Å². The second-order valence-corrected chi connectivity index (χ2v) is 11.2. The SMILES string of the molecule is CCOC(=O)C(Cc1ccccc1)CS(=O)(=O)C(C)(C)CNC(=O)OC(C)(C)C. The van der Waals surface area contributed by atoms with Gasteiger partial charge in [0, 0.05) is 6.54 Å². The standard InChI is InChI=1S/C21H33NO6S/c1-7-27-18(23)17(13-16-11-9-8-10-12-16)14-29(25,26)21(5,6)15-22-19(24)28-20(2,3)4/h8-12,17H,7,13-15H2,1-6H3,(H,22,24). The largest absolute Gasteiger partial charge is 0.466 e. The summed E-state index contributed by atoms with van der Waals surface area (Å²) in [5.41, 5.74) is 0.170. The van der Waals surface area contributed by atoms with Gasteiger partial charge in [-0.3, -0.25) is 4.79 Å². The van der Waals surface area contributed by atoms with Crippen molar-refractivity contribution in [3.63, 3.8) is 0 Å². The van der Waals surface area contributed by atoms with Crippen molar-refractivity contribution in [2.75, 3.05) is 18.9 Å². The first kappa shape index (κ1) is 24.9. The zero-order valence-electron chi connectivity index (χ0n) is 18.2. The monoisotopic (exact) mass is 427 g/mol. The lowest BCUT2D eigenvalue weighted by Crippen LogP contribution is -2.48. The predicted molar refractivity (Wildman–Crippen MR) is 112 cm³/mol. The third kappa shape index (κ3) is 8.43. The van der Waals surface area contributed by atoms with Crippen LogP contribution in [0.25, 0.3) is 0 Å². The van der Waals surface area contributed by atoms with Crippen molar-refractivity contribution in [1.82, 2.24) is 5.32 Å². The molecule has 0 heterocycles. The molecule has 8 heteroatoms. The Labute approximate surface area is 174 Å². The van der Waals surface area contributed by atoms with E-state index < -0.39 is 38.2 Å². The van der Waals surface area contributed by atoms with Gasteiger partial charge >= 0.3 is 12.1 Å². The fourth-order valence-corrected chi connectivity index (χ4v) is 4.10. The molecule has 1 N–H and O–H groups in total. The maximum Gasteiger partial charge on any atom is 0.407 e. The molecule has 0 fully saturated rings. The van der Waals surface area contributed by atoms with E-state index >= 15 is 0 Å². The first-order valence-corrected chi connectivity index (χ1v) is 11.3. The van der Waals surface area contributed by atoms with Crippen LogP contribution in [0, 0.1) is 5.92 Å². The van der Waals surface area contributed by atoms with Gasteiger partial charge in [-0.2, -0.15) is 0 Å². The van der Waals surface area contributed by atoms with Gasteiger partial charge in [0.1, 0.15) is 5.60 Å². The number of sulfone groups is 1. The van der Waals surface area contributed by atoms with E-state index in [4.69, 9.17) is 9.47 Å². The van der Waals surface area contributed by atoms with Crippen molar-refractivity contribution in [3.05, 3.63) is 35.9 Å². The number of carbonyl (C=O) groups excluding carboxylic acids is 2. The molecule has 0 radical (unpaired) electrons. The van der Waals surface area contributed by atoms with E-state index in [1.54, 1.807) is 27.7 Å². The fourth-order valence-electron chi connectivity index (χ4n) is 2.57. The number of hydrogen-bond donors (Lipinski definition) is 1. The number of esters is 1. The van der Waals surface area contributed by atoms with Crippen LogP contribution in [-0.2, 0) is 30.5 Å². The number of carbonyl (C=O) groups is 2. The summed E-state index contributed by atoms with van der Waals surface area (Å²) in [5.74, 6) is -1.75. The zero-order valence-corrected chi connectivity index (χ0v) is 19.0. The predicted octanol–water partition coefficient (Wildman–Crippen LogP) is 3.13. The molecule has 1 amide bonds. The third-order valence-electron chi connectivity index (χ3n) is 4.26.